The maximum Gasteiger partial charge on any atom is 0.123 e. The monoisotopic (exact) mass is 299 g/mol. The molecule has 1 unspecified atom stereocenters. The fraction of sp³-hybridized carbons (Fsp3) is 0.111. The average molecular weight is 300 g/mol. The molecule has 0 saturated carbocycles. The van der Waals surface area contributed by atoms with Gasteiger partial charge in [0.05, 0.1) is 6.04 Å². The van der Waals surface area contributed by atoms with E-state index < -0.39 is 0 Å². The van der Waals surface area contributed by atoms with Crippen LogP contribution < -0.4 is 5.32 Å². The van der Waals surface area contributed by atoms with Gasteiger partial charge in [-0.05, 0) is 53.2 Å². The molecule has 0 saturated heterocycles. The zero-order chi connectivity index (χ0) is 14.8. The van der Waals surface area contributed by atoms with Gasteiger partial charge in [0, 0.05) is 5.02 Å². The summed E-state index contributed by atoms with van der Waals surface area (Å²) < 4.78 is 13.5. The predicted molar refractivity (Wildman–Crippen MR) is 86.3 cm³/mol. The lowest BCUT2D eigenvalue weighted by atomic mass is 9.96. The second-order valence-corrected chi connectivity index (χ2v) is 5.40. The standard InChI is InChI=1S/C18H15ClFN/c1-21-18(16-11-15(20)8-9-17(16)19)14-7-6-12-4-2-3-5-13(12)10-14/h2-11,18,21H,1H3. The highest BCUT2D eigenvalue weighted by Gasteiger charge is 2.16. The summed E-state index contributed by atoms with van der Waals surface area (Å²) in [6, 6.07) is 18.7. The zero-order valence-corrected chi connectivity index (χ0v) is 12.4. The molecule has 0 spiro atoms. The van der Waals surface area contributed by atoms with Crippen molar-refractivity contribution in [2.24, 2.45) is 0 Å². The third-order valence-electron chi connectivity index (χ3n) is 3.66. The highest BCUT2D eigenvalue weighted by molar-refractivity contribution is 6.31. The first kappa shape index (κ1) is 14.1. The Morgan fingerprint density at radius 1 is 0.952 bits per heavy atom. The molecule has 3 aromatic rings. The van der Waals surface area contributed by atoms with Gasteiger partial charge in [-0.15, -0.1) is 0 Å². The maximum atomic E-state index is 13.5. The second-order valence-electron chi connectivity index (χ2n) is 4.99. The van der Waals surface area contributed by atoms with E-state index >= 15 is 0 Å². The highest BCUT2D eigenvalue weighted by atomic mass is 35.5. The van der Waals surface area contributed by atoms with Gasteiger partial charge in [0.2, 0.25) is 0 Å². The van der Waals surface area contributed by atoms with Gasteiger partial charge < -0.3 is 5.32 Å². The van der Waals surface area contributed by atoms with Crippen LogP contribution in [-0.2, 0) is 0 Å². The molecule has 0 fully saturated rings. The third kappa shape index (κ3) is 2.78. The van der Waals surface area contributed by atoms with Gasteiger partial charge in [0.1, 0.15) is 5.82 Å². The Bertz CT molecular complexity index is 785. The number of fused-ring (bicyclic) bond motifs is 1. The lowest BCUT2D eigenvalue weighted by molar-refractivity contribution is 0.617. The van der Waals surface area contributed by atoms with Crippen LogP contribution in [0.2, 0.25) is 5.02 Å². The van der Waals surface area contributed by atoms with Crippen molar-refractivity contribution in [2.75, 3.05) is 7.05 Å². The summed E-state index contributed by atoms with van der Waals surface area (Å²) in [7, 11) is 1.85. The number of halogens is 2. The van der Waals surface area contributed by atoms with Crippen molar-refractivity contribution in [3.05, 3.63) is 82.6 Å². The van der Waals surface area contributed by atoms with Gasteiger partial charge in [0.25, 0.3) is 0 Å². The van der Waals surface area contributed by atoms with Crippen molar-refractivity contribution in [3.63, 3.8) is 0 Å². The summed E-state index contributed by atoms with van der Waals surface area (Å²) in [6.45, 7) is 0. The summed E-state index contributed by atoms with van der Waals surface area (Å²) in [4.78, 5) is 0. The molecule has 1 atom stereocenters. The average Bonchev–Trinajstić information content (AvgIpc) is 2.51. The molecule has 0 aliphatic heterocycles. The molecule has 0 bridgehead atoms. The molecule has 0 radical (unpaired) electrons. The van der Waals surface area contributed by atoms with Crippen molar-refractivity contribution >= 4 is 22.4 Å². The Morgan fingerprint density at radius 3 is 2.48 bits per heavy atom. The van der Waals surface area contributed by atoms with E-state index in [-0.39, 0.29) is 11.9 Å². The van der Waals surface area contributed by atoms with Gasteiger partial charge in [0.15, 0.2) is 0 Å². The summed E-state index contributed by atoms with van der Waals surface area (Å²) in [5.41, 5.74) is 1.80. The van der Waals surface area contributed by atoms with Crippen LogP contribution in [0.15, 0.2) is 60.7 Å². The first-order valence-corrected chi connectivity index (χ1v) is 7.18. The first-order chi connectivity index (χ1) is 10.2. The fourth-order valence-corrected chi connectivity index (χ4v) is 2.85. The number of hydrogen-bond donors (Lipinski definition) is 1. The van der Waals surface area contributed by atoms with Crippen molar-refractivity contribution in [1.29, 1.82) is 0 Å². The minimum Gasteiger partial charge on any atom is -0.309 e. The molecule has 106 valence electrons. The van der Waals surface area contributed by atoms with Crippen LogP contribution in [0.25, 0.3) is 10.8 Å². The van der Waals surface area contributed by atoms with E-state index in [4.69, 9.17) is 11.6 Å². The molecular weight excluding hydrogens is 285 g/mol. The van der Waals surface area contributed by atoms with Gasteiger partial charge in [-0.2, -0.15) is 0 Å². The number of benzene rings is 3. The van der Waals surface area contributed by atoms with Crippen molar-refractivity contribution in [3.8, 4) is 0 Å². The molecule has 1 N–H and O–H groups in total. The van der Waals surface area contributed by atoms with Crippen LogP contribution in [-0.4, -0.2) is 7.05 Å². The third-order valence-corrected chi connectivity index (χ3v) is 4.01. The molecule has 21 heavy (non-hydrogen) atoms. The molecule has 0 aromatic heterocycles. The molecule has 0 aliphatic carbocycles. The lowest BCUT2D eigenvalue weighted by Crippen LogP contribution is -2.18. The van der Waals surface area contributed by atoms with Crippen LogP contribution in [0, 0.1) is 5.82 Å². The van der Waals surface area contributed by atoms with Gasteiger partial charge in [-0.3, -0.25) is 0 Å². The van der Waals surface area contributed by atoms with E-state index in [1.165, 1.54) is 17.5 Å². The summed E-state index contributed by atoms with van der Waals surface area (Å²) in [6.07, 6.45) is 0. The van der Waals surface area contributed by atoms with E-state index in [2.05, 4.69) is 29.6 Å². The number of nitrogens with one attached hydrogen (secondary N) is 1. The van der Waals surface area contributed by atoms with Crippen molar-refractivity contribution < 1.29 is 4.39 Å². The zero-order valence-electron chi connectivity index (χ0n) is 11.6. The lowest BCUT2D eigenvalue weighted by Gasteiger charge is -2.19. The number of hydrogen-bond acceptors (Lipinski definition) is 1. The van der Waals surface area contributed by atoms with Crippen molar-refractivity contribution in [1.82, 2.24) is 5.32 Å². The first-order valence-electron chi connectivity index (χ1n) is 6.80. The Balaban J connectivity index is 2.11. The molecule has 3 heteroatoms. The van der Waals surface area contributed by atoms with Gasteiger partial charge in [-0.1, -0.05) is 48.0 Å². The maximum absolute atomic E-state index is 13.5. The molecule has 0 heterocycles. The van der Waals surface area contributed by atoms with Gasteiger partial charge in [-0.25, -0.2) is 4.39 Å². The second kappa shape index (κ2) is 5.84. The van der Waals surface area contributed by atoms with E-state index in [1.54, 1.807) is 6.07 Å². The van der Waals surface area contributed by atoms with Crippen LogP contribution in [0.4, 0.5) is 4.39 Å². The highest BCUT2D eigenvalue weighted by Crippen LogP contribution is 2.30. The molecule has 3 rings (SSSR count). The largest absolute Gasteiger partial charge is 0.309 e. The fourth-order valence-electron chi connectivity index (χ4n) is 2.62. The summed E-state index contributed by atoms with van der Waals surface area (Å²) in [5.74, 6) is -0.282. The molecular formula is C18H15ClFN. The van der Waals surface area contributed by atoms with E-state index in [0.717, 1.165) is 16.5 Å². The summed E-state index contributed by atoms with van der Waals surface area (Å²) in [5, 5.41) is 6.11. The normalized spacial score (nSPS) is 12.5. The topological polar surface area (TPSA) is 12.0 Å². The van der Waals surface area contributed by atoms with Gasteiger partial charge >= 0.3 is 0 Å². The molecule has 0 amide bonds. The quantitative estimate of drug-likeness (QED) is 0.722. The van der Waals surface area contributed by atoms with Crippen molar-refractivity contribution in [2.45, 2.75) is 6.04 Å². The van der Waals surface area contributed by atoms with Crippen LogP contribution in [0.3, 0.4) is 0 Å². The van der Waals surface area contributed by atoms with Crippen LogP contribution >= 0.6 is 11.6 Å². The molecule has 1 nitrogen and oxygen atoms in total. The smallest absolute Gasteiger partial charge is 0.123 e. The predicted octanol–water partition coefficient (Wildman–Crippen LogP) is 4.94. The minimum absolute atomic E-state index is 0.141. The Kier molecular flexibility index (Phi) is 3.91. The Labute approximate surface area is 128 Å². The van der Waals surface area contributed by atoms with E-state index in [0.29, 0.717) is 5.02 Å². The SMILES string of the molecule is CNC(c1ccc2ccccc2c1)c1cc(F)ccc1Cl. The van der Waals surface area contributed by atoms with E-state index in [1.807, 2.05) is 25.2 Å². The van der Waals surface area contributed by atoms with Crippen LogP contribution in [0.1, 0.15) is 17.2 Å². The number of rotatable bonds is 3. The van der Waals surface area contributed by atoms with Crippen LogP contribution in [0.5, 0.6) is 0 Å². The summed E-state index contributed by atoms with van der Waals surface area (Å²) >= 11 is 6.23. The Morgan fingerprint density at radius 2 is 1.71 bits per heavy atom. The molecule has 0 aliphatic rings. The minimum atomic E-state index is -0.282. The van der Waals surface area contributed by atoms with E-state index in [9.17, 15) is 4.39 Å². The Hall–Kier alpha value is -1.90. The molecule has 3 aromatic carbocycles.